The van der Waals surface area contributed by atoms with Gasteiger partial charge in [0.15, 0.2) is 5.78 Å². The molecule has 7 nitrogen and oxygen atoms in total. The van der Waals surface area contributed by atoms with Crippen LogP contribution in [-0.4, -0.2) is 45.4 Å². The molecule has 5 aromatic rings. The normalized spacial score (nSPS) is 16.9. The van der Waals surface area contributed by atoms with Gasteiger partial charge in [-0.1, -0.05) is 72.8 Å². The van der Waals surface area contributed by atoms with Crippen LogP contribution in [0.15, 0.2) is 102 Å². The van der Waals surface area contributed by atoms with Crippen LogP contribution in [0.1, 0.15) is 70.6 Å². The molecule has 2 aromatic heterocycles. The number of likely N-dealkylation sites (N-methyl/N-ethyl adjacent to an activating group) is 1. The van der Waals surface area contributed by atoms with Crippen molar-refractivity contribution in [2.24, 2.45) is 0 Å². The van der Waals surface area contributed by atoms with Crippen molar-refractivity contribution in [3.05, 3.63) is 135 Å². The van der Waals surface area contributed by atoms with Crippen LogP contribution in [0.25, 0.3) is 16.6 Å². The lowest BCUT2D eigenvalue weighted by molar-refractivity contribution is 0.103. The van der Waals surface area contributed by atoms with Crippen LogP contribution < -0.4 is 10.9 Å². The Kier molecular flexibility index (Phi) is 8.09. The summed E-state index contributed by atoms with van der Waals surface area (Å²) in [6, 6.07) is 27.3. The molecule has 7 heteroatoms. The van der Waals surface area contributed by atoms with Crippen molar-refractivity contribution in [3.8, 4) is 0 Å². The van der Waals surface area contributed by atoms with Crippen molar-refractivity contribution in [3.63, 3.8) is 0 Å². The van der Waals surface area contributed by atoms with Gasteiger partial charge in [0.2, 0.25) is 5.95 Å². The molecule has 7 rings (SSSR count). The summed E-state index contributed by atoms with van der Waals surface area (Å²) in [5.74, 6) is 0.629. The molecule has 1 N–H and O–H groups in total. The number of nitrogens with one attached hydrogen (secondary N) is 1. The molecular formula is C38H37N5O2. The van der Waals surface area contributed by atoms with Gasteiger partial charge < -0.3 is 10.2 Å². The average molecular weight is 596 g/mol. The first-order chi connectivity index (χ1) is 22.0. The Hall–Kier alpha value is -4.88. The van der Waals surface area contributed by atoms with Gasteiger partial charge in [0.05, 0.1) is 12.1 Å². The molecule has 226 valence electrons. The first kappa shape index (κ1) is 28.9. The molecule has 1 aliphatic carbocycles. The maximum atomic E-state index is 14.2. The summed E-state index contributed by atoms with van der Waals surface area (Å²) >= 11 is 0. The number of carbonyl (C=O) groups is 1. The zero-order chi connectivity index (χ0) is 30.8. The summed E-state index contributed by atoms with van der Waals surface area (Å²) in [6.45, 7) is 2.53. The van der Waals surface area contributed by atoms with Gasteiger partial charge in [-0.25, -0.2) is 4.98 Å². The third kappa shape index (κ3) is 6.08. The van der Waals surface area contributed by atoms with Crippen LogP contribution in [0.3, 0.4) is 0 Å². The van der Waals surface area contributed by atoms with Crippen LogP contribution in [0.4, 0.5) is 11.6 Å². The average Bonchev–Trinajstić information content (AvgIpc) is 3.62. The van der Waals surface area contributed by atoms with E-state index in [0.29, 0.717) is 35.0 Å². The number of ketones is 1. The Labute approximate surface area is 263 Å². The summed E-state index contributed by atoms with van der Waals surface area (Å²) in [4.78, 5) is 39.6. The van der Waals surface area contributed by atoms with Crippen LogP contribution in [0, 0.1) is 0 Å². The van der Waals surface area contributed by atoms with Crippen LogP contribution >= 0.6 is 0 Å². The highest BCUT2D eigenvalue weighted by Gasteiger charge is 2.21. The summed E-state index contributed by atoms with van der Waals surface area (Å²) in [6.07, 6.45) is 9.62. The van der Waals surface area contributed by atoms with E-state index in [4.69, 9.17) is 4.98 Å². The number of nitrogens with zero attached hydrogens (tertiary/aromatic N) is 4. The van der Waals surface area contributed by atoms with Gasteiger partial charge in [0.1, 0.15) is 5.65 Å². The topological polar surface area (TPSA) is 80.1 Å². The van der Waals surface area contributed by atoms with Crippen molar-refractivity contribution in [2.45, 2.75) is 44.6 Å². The van der Waals surface area contributed by atoms with E-state index in [1.807, 2.05) is 18.2 Å². The number of hydrogen-bond acceptors (Lipinski definition) is 6. The van der Waals surface area contributed by atoms with Gasteiger partial charge in [-0.05, 0) is 92.1 Å². The second kappa shape index (κ2) is 12.6. The SMILES string of the molecule is CN1CCCC(c2ccc(Nc3ncc4cc(C(=O)c5ccccc5)c(=O)n(Cc5ccccc5C5=CCCC5)c4n3)cc2)C1. The van der Waals surface area contributed by atoms with Crippen molar-refractivity contribution < 1.29 is 4.79 Å². The van der Waals surface area contributed by atoms with Gasteiger partial charge >= 0.3 is 0 Å². The van der Waals surface area contributed by atoms with E-state index in [1.165, 1.54) is 24.0 Å². The standard InChI is InChI=1S/C38H37N5O2/c1-42-21-9-15-29(24-42)26-17-19-32(20-18-26)40-38-39-23-31-22-34(35(44)28-12-3-2-4-13-28)37(45)43(36(31)41-38)25-30-14-7-8-16-33(30)27-10-5-6-11-27/h2-4,7-8,10,12-14,16-20,22-23,29H,5-6,9,11,15,21,24-25H2,1H3,(H,39,40,41). The highest BCUT2D eigenvalue weighted by Crippen LogP contribution is 2.31. The van der Waals surface area contributed by atoms with Gasteiger partial charge in [0.25, 0.3) is 5.56 Å². The number of hydrogen-bond donors (Lipinski definition) is 1. The summed E-state index contributed by atoms with van der Waals surface area (Å²) in [5, 5.41) is 3.97. The van der Waals surface area contributed by atoms with Crippen LogP contribution in [0.5, 0.6) is 0 Å². The van der Waals surface area contributed by atoms with Gasteiger partial charge in [-0.15, -0.1) is 0 Å². The molecule has 0 bridgehead atoms. The van der Waals surface area contributed by atoms with Gasteiger partial charge in [0, 0.05) is 29.4 Å². The summed E-state index contributed by atoms with van der Waals surface area (Å²) < 4.78 is 1.63. The quantitative estimate of drug-likeness (QED) is 0.191. The molecule has 0 spiro atoms. The fourth-order valence-corrected chi connectivity index (χ4v) is 6.74. The Morgan fingerprint density at radius 1 is 0.978 bits per heavy atom. The van der Waals surface area contributed by atoms with E-state index < -0.39 is 0 Å². The number of aromatic nitrogens is 3. The Balaban J connectivity index is 1.27. The van der Waals surface area contributed by atoms with Crippen molar-refractivity contribution in [1.29, 1.82) is 0 Å². The molecule has 1 saturated heterocycles. The molecule has 3 heterocycles. The Morgan fingerprint density at radius 2 is 1.78 bits per heavy atom. The lowest BCUT2D eigenvalue weighted by atomic mass is 9.91. The molecule has 1 unspecified atom stereocenters. The number of carbonyl (C=O) groups excluding carboxylic acids is 1. The molecule has 1 fully saturated rings. The van der Waals surface area contributed by atoms with E-state index in [2.05, 4.69) is 64.7 Å². The molecule has 3 aromatic carbocycles. The van der Waals surface area contributed by atoms with Crippen LogP contribution in [-0.2, 0) is 6.54 Å². The first-order valence-corrected chi connectivity index (χ1v) is 15.9. The third-order valence-electron chi connectivity index (χ3n) is 9.10. The number of benzene rings is 3. The van der Waals surface area contributed by atoms with Crippen molar-refractivity contribution in [2.75, 3.05) is 25.5 Å². The monoisotopic (exact) mass is 595 g/mol. The molecule has 1 aliphatic heterocycles. The lowest BCUT2D eigenvalue weighted by Gasteiger charge is -2.30. The first-order valence-electron chi connectivity index (χ1n) is 15.9. The molecule has 2 aliphatic rings. The van der Waals surface area contributed by atoms with E-state index in [9.17, 15) is 9.59 Å². The minimum atomic E-state index is -0.363. The maximum absolute atomic E-state index is 14.2. The van der Waals surface area contributed by atoms with E-state index in [0.717, 1.165) is 49.2 Å². The smallest absolute Gasteiger partial charge is 0.263 e. The maximum Gasteiger partial charge on any atom is 0.263 e. The second-order valence-corrected chi connectivity index (χ2v) is 12.2. The van der Waals surface area contributed by atoms with E-state index >= 15 is 0 Å². The number of fused-ring (bicyclic) bond motifs is 1. The Bertz CT molecular complexity index is 1950. The van der Waals surface area contributed by atoms with Gasteiger partial charge in [-0.2, -0.15) is 4.98 Å². The molecule has 1 atom stereocenters. The number of allylic oxidation sites excluding steroid dienone is 2. The molecule has 45 heavy (non-hydrogen) atoms. The molecule has 0 saturated carbocycles. The number of anilines is 2. The zero-order valence-corrected chi connectivity index (χ0v) is 25.6. The van der Waals surface area contributed by atoms with E-state index in [-0.39, 0.29) is 16.9 Å². The molecule has 0 radical (unpaired) electrons. The third-order valence-corrected chi connectivity index (χ3v) is 9.10. The van der Waals surface area contributed by atoms with Gasteiger partial charge in [-0.3, -0.25) is 14.2 Å². The predicted octanol–water partition coefficient (Wildman–Crippen LogP) is 7.19. The predicted molar refractivity (Wildman–Crippen MR) is 180 cm³/mol. The van der Waals surface area contributed by atoms with Crippen molar-refractivity contribution >= 4 is 34.0 Å². The zero-order valence-electron chi connectivity index (χ0n) is 25.6. The highest BCUT2D eigenvalue weighted by atomic mass is 16.1. The minimum absolute atomic E-state index is 0.111. The highest BCUT2D eigenvalue weighted by molar-refractivity contribution is 6.10. The minimum Gasteiger partial charge on any atom is -0.324 e. The number of pyridine rings is 1. The number of piperidine rings is 1. The molecule has 0 amide bonds. The van der Waals surface area contributed by atoms with E-state index in [1.54, 1.807) is 41.1 Å². The molecular weight excluding hydrogens is 558 g/mol. The fraction of sp³-hybridized carbons (Fsp3) is 0.263. The van der Waals surface area contributed by atoms with Crippen molar-refractivity contribution in [1.82, 2.24) is 19.4 Å². The Morgan fingerprint density at radius 3 is 2.56 bits per heavy atom. The largest absolute Gasteiger partial charge is 0.324 e. The second-order valence-electron chi connectivity index (χ2n) is 12.2. The summed E-state index contributed by atoms with van der Waals surface area (Å²) in [7, 11) is 2.18. The lowest BCUT2D eigenvalue weighted by Crippen LogP contribution is -2.30. The van der Waals surface area contributed by atoms with Crippen LogP contribution in [0.2, 0.25) is 0 Å². The number of rotatable bonds is 8. The number of likely N-dealkylation sites (tertiary alicyclic amines) is 1. The summed E-state index contributed by atoms with van der Waals surface area (Å²) in [5.41, 5.74) is 6.40. The fourth-order valence-electron chi connectivity index (χ4n) is 6.74.